The van der Waals surface area contributed by atoms with Crippen LogP contribution in [0.4, 0.5) is 0 Å². The van der Waals surface area contributed by atoms with Gasteiger partial charge in [0.25, 0.3) is 5.91 Å². The zero-order valence-corrected chi connectivity index (χ0v) is 11.3. The van der Waals surface area contributed by atoms with Gasteiger partial charge in [-0.05, 0) is 30.4 Å². The van der Waals surface area contributed by atoms with Crippen LogP contribution >= 0.6 is 0 Å². The summed E-state index contributed by atoms with van der Waals surface area (Å²) in [6.07, 6.45) is 1.77. The molecule has 0 aromatic heterocycles. The molecule has 1 aliphatic rings. The molecule has 19 heavy (non-hydrogen) atoms. The first-order valence-corrected chi connectivity index (χ1v) is 6.73. The van der Waals surface area contributed by atoms with Crippen molar-refractivity contribution in [2.24, 2.45) is 5.92 Å². The third kappa shape index (κ3) is 3.33. The van der Waals surface area contributed by atoms with Crippen molar-refractivity contribution in [2.75, 3.05) is 26.8 Å². The number of carbonyl (C=O) groups is 1. The van der Waals surface area contributed by atoms with E-state index < -0.39 is 0 Å². The number of hydrogen-bond acceptors (Lipinski definition) is 3. The Morgan fingerprint density at radius 1 is 1.37 bits per heavy atom. The van der Waals surface area contributed by atoms with Crippen molar-refractivity contribution in [1.29, 1.82) is 0 Å². The second kappa shape index (κ2) is 6.68. The maximum absolute atomic E-state index is 12.5. The number of carbonyl (C=O) groups excluding carboxylic acids is 1. The number of ether oxygens (including phenoxy) is 1. The summed E-state index contributed by atoms with van der Waals surface area (Å²) in [7, 11) is 1.63. The van der Waals surface area contributed by atoms with Crippen molar-refractivity contribution < 1.29 is 14.6 Å². The first kappa shape index (κ1) is 14.0. The summed E-state index contributed by atoms with van der Waals surface area (Å²) < 4.78 is 5.14. The van der Waals surface area contributed by atoms with E-state index in [9.17, 15) is 4.79 Å². The Labute approximate surface area is 114 Å². The minimum atomic E-state index is 0.0732. The average molecular weight is 263 g/mol. The molecule has 0 aliphatic carbocycles. The number of hydrogen-bond donors (Lipinski definition) is 1. The monoisotopic (exact) mass is 263 g/mol. The molecular formula is C15H21NO3. The lowest BCUT2D eigenvalue weighted by molar-refractivity contribution is 0.0646. The highest BCUT2D eigenvalue weighted by atomic mass is 16.5. The third-order valence-electron chi connectivity index (χ3n) is 3.71. The largest absolute Gasteiger partial charge is 0.396 e. The smallest absolute Gasteiger partial charge is 0.254 e. The van der Waals surface area contributed by atoms with Gasteiger partial charge in [0.2, 0.25) is 0 Å². The number of amides is 1. The number of piperidine rings is 1. The van der Waals surface area contributed by atoms with Crippen LogP contribution in [-0.2, 0) is 11.3 Å². The maximum Gasteiger partial charge on any atom is 0.254 e. The molecule has 1 N–H and O–H groups in total. The van der Waals surface area contributed by atoms with Gasteiger partial charge in [-0.25, -0.2) is 0 Å². The van der Waals surface area contributed by atoms with E-state index in [1.165, 1.54) is 0 Å². The topological polar surface area (TPSA) is 49.8 Å². The van der Waals surface area contributed by atoms with Crippen LogP contribution in [0.2, 0.25) is 0 Å². The normalized spacial score (nSPS) is 16.6. The molecule has 1 aromatic carbocycles. The van der Waals surface area contributed by atoms with E-state index in [1.807, 2.05) is 29.2 Å². The lowest BCUT2D eigenvalue weighted by Crippen LogP contribution is -2.39. The second-order valence-corrected chi connectivity index (χ2v) is 5.01. The molecule has 0 saturated carbocycles. The van der Waals surface area contributed by atoms with Gasteiger partial charge in [-0.3, -0.25) is 4.79 Å². The molecule has 0 bridgehead atoms. The number of aliphatic hydroxyl groups is 1. The molecule has 1 aromatic rings. The predicted octanol–water partition coefficient (Wildman–Crippen LogP) is 1.68. The van der Waals surface area contributed by atoms with Crippen LogP contribution in [0.3, 0.4) is 0 Å². The summed E-state index contributed by atoms with van der Waals surface area (Å²) in [5, 5.41) is 9.13. The fraction of sp³-hybridized carbons (Fsp3) is 0.533. The van der Waals surface area contributed by atoms with Crippen molar-refractivity contribution in [2.45, 2.75) is 19.4 Å². The number of rotatable bonds is 4. The molecule has 4 heteroatoms. The molecule has 1 heterocycles. The van der Waals surface area contributed by atoms with Crippen molar-refractivity contribution >= 4 is 5.91 Å². The van der Waals surface area contributed by atoms with E-state index in [0.717, 1.165) is 37.1 Å². The van der Waals surface area contributed by atoms with Crippen LogP contribution in [0.1, 0.15) is 28.8 Å². The van der Waals surface area contributed by atoms with Gasteiger partial charge in [0.15, 0.2) is 0 Å². The minimum Gasteiger partial charge on any atom is -0.396 e. The standard InChI is InChI=1S/C15H21NO3/c1-19-11-13-4-2-3-5-14(13)15(18)16-8-6-12(10-17)7-9-16/h2-5,12,17H,6-11H2,1H3. The molecule has 1 aliphatic heterocycles. The number of likely N-dealkylation sites (tertiary alicyclic amines) is 1. The molecule has 1 amide bonds. The molecule has 4 nitrogen and oxygen atoms in total. The highest BCUT2D eigenvalue weighted by Crippen LogP contribution is 2.20. The van der Waals surface area contributed by atoms with Crippen LogP contribution in [0.25, 0.3) is 0 Å². The van der Waals surface area contributed by atoms with Crippen LogP contribution in [0.15, 0.2) is 24.3 Å². The highest BCUT2D eigenvalue weighted by Gasteiger charge is 2.24. The Hall–Kier alpha value is -1.39. The Morgan fingerprint density at radius 3 is 2.68 bits per heavy atom. The van der Waals surface area contributed by atoms with Gasteiger partial charge in [0.05, 0.1) is 6.61 Å². The lowest BCUT2D eigenvalue weighted by Gasteiger charge is -2.31. The van der Waals surface area contributed by atoms with Gasteiger partial charge in [0.1, 0.15) is 0 Å². The van der Waals surface area contributed by atoms with Gasteiger partial charge >= 0.3 is 0 Å². The van der Waals surface area contributed by atoms with E-state index in [1.54, 1.807) is 7.11 Å². The molecule has 1 fully saturated rings. The molecule has 2 rings (SSSR count). The van der Waals surface area contributed by atoms with Crippen molar-refractivity contribution in [3.63, 3.8) is 0 Å². The summed E-state index contributed by atoms with van der Waals surface area (Å²) in [5.74, 6) is 0.419. The van der Waals surface area contributed by atoms with Crippen molar-refractivity contribution in [1.82, 2.24) is 4.90 Å². The zero-order chi connectivity index (χ0) is 13.7. The maximum atomic E-state index is 12.5. The van der Waals surface area contributed by atoms with E-state index in [0.29, 0.717) is 12.5 Å². The third-order valence-corrected chi connectivity index (χ3v) is 3.71. The van der Waals surface area contributed by atoms with Gasteiger partial charge in [-0.15, -0.1) is 0 Å². The van der Waals surface area contributed by atoms with Crippen molar-refractivity contribution in [3.8, 4) is 0 Å². The summed E-state index contributed by atoms with van der Waals surface area (Å²) in [4.78, 5) is 14.4. The number of benzene rings is 1. The lowest BCUT2D eigenvalue weighted by atomic mass is 9.97. The van der Waals surface area contributed by atoms with Crippen LogP contribution in [0.5, 0.6) is 0 Å². The first-order valence-electron chi connectivity index (χ1n) is 6.73. The minimum absolute atomic E-state index is 0.0732. The van der Waals surface area contributed by atoms with Gasteiger partial charge in [-0.1, -0.05) is 18.2 Å². The summed E-state index contributed by atoms with van der Waals surface area (Å²) in [6.45, 7) is 2.13. The molecule has 104 valence electrons. The number of methoxy groups -OCH3 is 1. The Bertz CT molecular complexity index is 425. The summed E-state index contributed by atoms with van der Waals surface area (Å²) in [6, 6.07) is 7.59. The molecule has 0 spiro atoms. The first-order chi connectivity index (χ1) is 9.26. The Balaban J connectivity index is 2.07. The summed E-state index contributed by atoms with van der Waals surface area (Å²) in [5.41, 5.74) is 1.66. The zero-order valence-electron chi connectivity index (χ0n) is 11.3. The van der Waals surface area contributed by atoms with E-state index >= 15 is 0 Å². The SMILES string of the molecule is COCc1ccccc1C(=O)N1CCC(CO)CC1. The Morgan fingerprint density at radius 2 is 2.05 bits per heavy atom. The molecular weight excluding hydrogens is 242 g/mol. The van der Waals surface area contributed by atoms with Gasteiger partial charge in [-0.2, -0.15) is 0 Å². The van der Waals surface area contributed by atoms with Crippen LogP contribution in [0, 0.1) is 5.92 Å². The second-order valence-electron chi connectivity index (χ2n) is 5.01. The van der Waals surface area contributed by atoms with E-state index in [2.05, 4.69) is 0 Å². The fourth-order valence-corrected chi connectivity index (χ4v) is 2.50. The van der Waals surface area contributed by atoms with Gasteiger partial charge < -0.3 is 14.7 Å². The molecule has 0 unspecified atom stereocenters. The highest BCUT2D eigenvalue weighted by molar-refractivity contribution is 5.95. The van der Waals surface area contributed by atoms with Crippen LogP contribution in [-0.4, -0.2) is 42.7 Å². The average Bonchev–Trinajstić information content (AvgIpc) is 2.47. The quantitative estimate of drug-likeness (QED) is 0.899. The van der Waals surface area contributed by atoms with Crippen molar-refractivity contribution in [3.05, 3.63) is 35.4 Å². The molecule has 0 radical (unpaired) electrons. The fourth-order valence-electron chi connectivity index (χ4n) is 2.50. The number of aliphatic hydroxyl groups excluding tert-OH is 1. The predicted molar refractivity (Wildman–Crippen MR) is 72.9 cm³/mol. The summed E-state index contributed by atoms with van der Waals surface area (Å²) >= 11 is 0. The van der Waals surface area contributed by atoms with Crippen LogP contribution < -0.4 is 0 Å². The van der Waals surface area contributed by atoms with E-state index in [4.69, 9.17) is 9.84 Å². The van der Waals surface area contributed by atoms with E-state index in [-0.39, 0.29) is 12.5 Å². The number of nitrogens with zero attached hydrogens (tertiary/aromatic N) is 1. The van der Waals surface area contributed by atoms with Gasteiger partial charge in [0, 0.05) is 32.4 Å². The Kier molecular flexibility index (Phi) is 4.93. The molecule has 0 atom stereocenters. The molecule has 1 saturated heterocycles.